The fraction of sp³-hybridized carbons (Fsp3) is 0.492. The SMILES string of the molecule is CC1CCNC2NC(CC3CCCC3)=C(C3C=C4Cc5[nH]ccc5C#CCC5(O)C(O)C(O)C4(Oc4cc6oc(-c7cc(O)c(O)c(CCO)c7)cc(=O)c6c(O)c43)OC53CC#CC4(C(=O)O)OC(CCCO)(OC3=O)C(O)C(O)C4(O)O)C=C12. The van der Waals surface area contributed by atoms with E-state index in [-0.39, 0.29) is 69.8 Å². The first-order chi connectivity index (χ1) is 40.5. The average Bonchev–Trinajstić information content (AvgIpc) is 1.70. The van der Waals surface area contributed by atoms with Crippen LogP contribution in [0.3, 0.4) is 0 Å². The van der Waals surface area contributed by atoms with Gasteiger partial charge in [-0.05, 0) is 79.3 Å². The standard InChI is InChI=1S/C61H65N3O21/c1-29-10-17-63-53-35(29)26-36(39(64-53)21-30-7-2-3-8-30)37-24-34-25-38-31(11-18-62-38)9-4-13-56(78)49(71)51(73)60(34,82-44-28-43-46(48(70)45(37)44)40(67)27-42(81-43)33-22-32(12-20-66)47(69)41(68)23-33)85-58(56)15-5-14-57(54(75)76)61(79,80)52(74)50(72)59(84-57,16-6-19-65)83-55(58)77/h11,18,22-24,26-30,37,49-53,62-66,68-74,78-80H,2-3,6-8,10,12-13,15-17,19-21,25H2,1H3,(H,75,76). The predicted octanol–water partition coefficient (Wildman–Crippen LogP) is 0.753. The van der Waals surface area contributed by atoms with Crippen LogP contribution in [0.2, 0.25) is 0 Å². The molecule has 2 spiro atoms. The first-order valence-corrected chi connectivity index (χ1v) is 28.4. The summed E-state index contributed by atoms with van der Waals surface area (Å²) in [5.74, 6) is -7.63. The van der Waals surface area contributed by atoms with Crippen molar-refractivity contribution in [2.24, 2.45) is 11.8 Å². The first kappa shape index (κ1) is 58.1. The molecule has 450 valence electrons. The highest BCUT2D eigenvalue weighted by Gasteiger charge is 2.78. The fourth-order valence-electron chi connectivity index (χ4n) is 13.8. The number of rotatable bonds is 10. The molecule has 7 aliphatic heterocycles. The van der Waals surface area contributed by atoms with Crippen molar-refractivity contribution in [1.82, 2.24) is 15.6 Å². The summed E-state index contributed by atoms with van der Waals surface area (Å²) in [6, 6.07) is 6.36. The van der Waals surface area contributed by atoms with Crippen LogP contribution in [0.1, 0.15) is 99.4 Å². The molecule has 4 fully saturated rings. The molecule has 2 aromatic heterocycles. The molecule has 9 heterocycles. The van der Waals surface area contributed by atoms with E-state index in [1.807, 2.05) is 6.08 Å². The van der Waals surface area contributed by atoms with Gasteiger partial charge in [-0.15, -0.1) is 0 Å². The van der Waals surface area contributed by atoms with Gasteiger partial charge in [-0.3, -0.25) is 10.1 Å². The number of fused-ring (bicyclic) bond motifs is 7. The second-order valence-electron chi connectivity index (χ2n) is 23.5. The van der Waals surface area contributed by atoms with Gasteiger partial charge in [-0.1, -0.05) is 62.5 Å². The Bertz CT molecular complexity index is 3720. The molecule has 16 N–H and O–H groups in total. The largest absolute Gasteiger partial charge is 0.507 e. The van der Waals surface area contributed by atoms with Crippen LogP contribution in [0.25, 0.3) is 22.3 Å². The number of H-pyrrole nitrogens is 1. The predicted molar refractivity (Wildman–Crippen MR) is 293 cm³/mol. The zero-order valence-corrected chi connectivity index (χ0v) is 45.9. The van der Waals surface area contributed by atoms with Crippen molar-refractivity contribution in [2.45, 2.75) is 155 Å². The van der Waals surface area contributed by atoms with E-state index in [4.69, 9.17) is 23.4 Å². The molecule has 85 heavy (non-hydrogen) atoms. The number of nitrogens with one attached hydrogen (secondary N) is 3. The van der Waals surface area contributed by atoms with Gasteiger partial charge in [0.25, 0.3) is 11.4 Å². The van der Waals surface area contributed by atoms with Gasteiger partial charge in [0.1, 0.15) is 46.0 Å². The highest BCUT2D eigenvalue weighted by atomic mass is 16.8. The number of hydrogen-bond donors (Lipinski definition) is 16. The Morgan fingerprint density at radius 2 is 1.65 bits per heavy atom. The maximum atomic E-state index is 16.0. The number of aliphatic hydroxyl groups is 9. The topological polar surface area (TPSA) is 404 Å². The Labute approximate surface area is 484 Å². The summed E-state index contributed by atoms with van der Waals surface area (Å²) in [5, 5.41) is 158. The summed E-state index contributed by atoms with van der Waals surface area (Å²) in [5.41, 5.74) is -8.66. The van der Waals surface area contributed by atoms with Crippen molar-refractivity contribution < 1.29 is 99.3 Å². The number of aromatic hydroxyl groups is 3. The number of aromatic nitrogens is 1. The number of allylic oxidation sites excluding steroid dienone is 4. The van der Waals surface area contributed by atoms with E-state index in [9.17, 15) is 76.0 Å². The lowest BCUT2D eigenvalue weighted by atomic mass is 9.67. The molecule has 9 aliphatic rings. The fourth-order valence-corrected chi connectivity index (χ4v) is 13.8. The number of phenolic OH excluding ortho intramolecular Hbond substituents is 3. The first-order valence-electron chi connectivity index (χ1n) is 28.4. The van der Waals surface area contributed by atoms with Gasteiger partial charge in [0.15, 0.2) is 29.1 Å². The zero-order chi connectivity index (χ0) is 60.3. The lowest BCUT2D eigenvalue weighted by Gasteiger charge is -2.58. The molecule has 4 bridgehead atoms. The molecule has 3 saturated heterocycles. The number of dihydropyridines is 1. The van der Waals surface area contributed by atoms with Crippen LogP contribution in [-0.4, -0.2) is 168 Å². The number of benzene rings is 2. The maximum Gasteiger partial charge on any atom is 0.354 e. The molecular formula is C61H65N3O21. The van der Waals surface area contributed by atoms with E-state index in [0.717, 1.165) is 55.5 Å². The maximum absolute atomic E-state index is 16.0. The van der Waals surface area contributed by atoms with Crippen molar-refractivity contribution in [3.05, 3.63) is 104 Å². The number of carboxylic acid groups (broad SMARTS) is 1. The third-order valence-corrected chi connectivity index (χ3v) is 18.5. The number of piperidine rings is 1. The molecule has 24 nitrogen and oxygen atoms in total. The Kier molecular flexibility index (Phi) is 14.4. The Balaban J connectivity index is 1.17. The molecule has 2 aliphatic carbocycles. The van der Waals surface area contributed by atoms with Gasteiger partial charge in [-0.2, -0.15) is 0 Å². The minimum atomic E-state index is -3.99. The summed E-state index contributed by atoms with van der Waals surface area (Å²) < 4.78 is 32.4. The molecule has 4 aromatic rings. The second-order valence-corrected chi connectivity index (χ2v) is 23.5. The third-order valence-electron chi connectivity index (χ3n) is 18.5. The van der Waals surface area contributed by atoms with E-state index in [0.29, 0.717) is 29.8 Å². The summed E-state index contributed by atoms with van der Waals surface area (Å²) in [4.78, 5) is 47.3. The average molecular weight is 1180 g/mol. The van der Waals surface area contributed by atoms with Crippen molar-refractivity contribution in [2.75, 3.05) is 19.8 Å². The second kappa shape index (κ2) is 21.0. The number of esters is 1. The third kappa shape index (κ3) is 8.79. The number of carbonyl (C=O) groups is 2. The Morgan fingerprint density at radius 1 is 0.871 bits per heavy atom. The van der Waals surface area contributed by atoms with Gasteiger partial charge in [0.2, 0.25) is 17.2 Å². The van der Waals surface area contributed by atoms with E-state index in [2.05, 4.69) is 46.2 Å². The van der Waals surface area contributed by atoms with Crippen LogP contribution in [0.5, 0.6) is 23.0 Å². The molecule has 12 atom stereocenters. The number of carbonyl (C=O) groups excluding carboxylic acids is 1. The lowest BCUT2D eigenvalue weighted by Crippen LogP contribution is -2.81. The van der Waals surface area contributed by atoms with Crippen molar-refractivity contribution >= 4 is 22.9 Å². The highest BCUT2D eigenvalue weighted by Crippen LogP contribution is 2.58. The van der Waals surface area contributed by atoms with Gasteiger partial charge in [0.05, 0.1) is 12.6 Å². The van der Waals surface area contributed by atoms with E-state index < -0.39 is 144 Å². The van der Waals surface area contributed by atoms with Crippen LogP contribution in [0, 0.1) is 35.5 Å². The summed E-state index contributed by atoms with van der Waals surface area (Å²) in [6.45, 7) is 1.59. The van der Waals surface area contributed by atoms with Gasteiger partial charge >= 0.3 is 11.9 Å². The molecule has 0 amide bonds. The van der Waals surface area contributed by atoms with Crippen molar-refractivity contribution in [3.63, 3.8) is 0 Å². The smallest absolute Gasteiger partial charge is 0.354 e. The zero-order valence-electron chi connectivity index (χ0n) is 45.9. The Hall–Kier alpha value is -7.27. The number of aliphatic hydroxyl groups excluding tert-OH is 6. The molecule has 2 aromatic carbocycles. The van der Waals surface area contributed by atoms with Crippen LogP contribution in [-0.2, 0) is 36.6 Å². The van der Waals surface area contributed by atoms with Crippen LogP contribution >= 0.6 is 0 Å². The van der Waals surface area contributed by atoms with Crippen LogP contribution in [0.15, 0.2) is 80.3 Å². The molecular weight excluding hydrogens is 1110 g/mol. The molecule has 13 rings (SSSR count). The molecule has 0 radical (unpaired) electrons. The minimum Gasteiger partial charge on any atom is -0.507 e. The summed E-state index contributed by atoms with van der Waals surface area (Å²) in [6.07, 6.45) is -5.13. The minimum absolute atomic E-state index is 0.00479. The summed E-state index contributed by atoms with van der Waals surface area (Å²) >= 11 is 0. The number of aliphatic carboxylic acids is 1. The monoisotopic (exact) mass is 1180 g/mol. The van der Waals surface area contributed by atoms with Gasteiger partial charge < -0.3 is 100 Å². The number of hydrogen-bond acceptors (Lipinski definition) is 22. The van der Waals surface area contributed by atoms with Crippen molar-refractivity contribution in [3.8, 4) is 58.0 Å². The normalized spacial score (nSPS) is 33.9. The number of carboxylic acids is 1. The summed E-state index contributed by atoms with van der Waals surface area (Å²) in [7, 11) is 0. The van der Waals surface area contributed by atoms with Crippen molar-refractivity contribution in [1.29, 1.82) is 0 Å². The molecule has 12 unspecified atom stereocenters. The highest BCUT2D eigenvalue weighted by molar-refractivity contribution is 5.90. The van der Waals surface area contributed by atoms with Crippen LogP contribution in [0.4, 0.5) is 0 Å². The lowest BCUT2D eigenvalue weighted by molar-refractivity contribution is -0.432. The van der Waals surface area contributed by atoms with E-state index >= 15 is 4.79 Å². The Morgan fingerprint density at radius 3 is 2.39 bits per heavy atom. The van der Waals surface area contributed by atoms with Gasteiger partial charge in [0, 0.05) is 95.9 Å². The van der Waals surface area contributed by atoms with Gasteiger partial charge in [-0.25, -0.2) is 9.59 Å². The number of ether oxygens (including phenoxy) is 4. The molecule has 24 heteroatoms. The number of phenols is 3. The quantitative estimate of drug-likeness (QED) is 0.0342. The molecule has 1 saturated carbocycles. The van der Waals surface area contributed by atoms with E-state index in [1.54, 1.807) is 18.3 Å². The van der Waals surface area contributed by atoms with E-state index in [1.165, 1.54) is 12.1 Å². The number of aromatic amines is 1. The van der Waals surface area contributed by atoms with Crippen LogP contribution < -0.4 is 20.8 Å².